The molecule has 148 valence electrons. The minimum Gasteiger partial charge on any atom is -0.497 e. The Labute approximate surface area is 170 Å². The van der Waals surface area contributed by atoms with Crippen molar-refractivity contribution in [2.45, 2.75) is 19.4 Å². The maximum Gasteiger partial charge on any atom is 0.257 e. The molecule has 4 rings (SSSR count). The molecule has 0 aliphatic carbocycles. The smallest absolute Gasteiger partial charge is 0.257 e. The second-order valence-electron chi connectivity index (χ2n) is 6.98. The molecule has 6 nitrogen and oxygen atoms in total. The van der Waals surface area contributed by atoms with Gasteiger partial charge in [0.1, 0.15) is 17.3 Å². The first-order valence-corrected chi connectivity index (χ1v) is 9.47. The van der Waals surface area contributed by atoms with Crippen LogP contribution in [0.2, 0.25) is 0 Å². The first-order chi connectivity index (χ1) is 14.1. The molecule has 1 N–H and O–H groups in total. The van der Waals surface area contributed by atoms with Gasteiger partial charge in [0.2, 0.25) is 0 Å². The van der Waals surface area contributed by atoms with Crippen LogP contribution in [0.1, 0.15) is 22.8 Å². The average molecular weight is 389 g/mol. The third-order valence-electron chi connectivity index (χ3n) is 5.12. The summed E-state index contributed by atoms with van der Waals surface area (Å²) < 4.78 is 10.5. The van der Waals surface area contributed by atoms with Gasteiger partial charge in [0.05, 0.1) is 25.5 Å². The van der Waals surface area contributed by atoms with Crippen LogP contribution < -0.4 is 19.7 Å². The van der Waals surface area contributed by atoms with Gasteiger partial charge in [-0.2, -0.15) is 0 Å². The highest BCUT2D eigenvalue weighted by molar-refractivity contribution is 6.05. The van der Waals surface area contributed by atoms with Crippen molar-refractivity contribution >= 4 is 23.1 Å². The molecular weight excluding hydrogens is 366 g/mol. The van der Waals surface area contributed by atoms with Crippen molar-refractivity contribution in [1.29, 1.82) is 0 Å². The fourth-order valence-corrected chi connectivity index (χ4v) is 3.67. The van der Waals surface area contributed by atoms with Crippen LogP contribution in [0, 0.1) is 0 Å². The lowest BCUT2D eigenvalue weighted by Crippen LogP contribution is -2.25. The van der Waals surface area contributed by atoms with Crippen LogP contribution in [-0.2, 0) is 6.42 Å². The van der Waals surface area contributed by atoms with E-state index in [1.165, 1.54) is 11.3 Å². The van der Waals surface area contributed by atoms with E-state index in [9.17, 15) is 4.79 Å². The van der Waals surface area contributed by atoms with Crippen molar-refractivity contribution in [3.8, 4) is 11.5 Å². The molecule has 2 aromatic carbocycles. The molecule has 0 radical (unpaired) electrons. The highest BCUT2D eigenvalue weighted by atomic mass is 16.5. The zero-order valence-corrected chi connectivity index (χ0v) is 16.7. The highest BCUT2D eigenvalue weighted by Crippen LogP contribution is 2.37. The lowest BCUT2D eigenvalue weighted by molar-refractivity contribution is 0.102. The molecule has 1 unspecified atom stereocenters. The van der Waals surface area contributed by atoms with E-state index in [4.69, 9.17) is 9.47 Å². The summed E-state index contributed by atoms with van der Waals surface area (Å²) in [6.45, 7) is 2.18. The Balaban J connectivity index is 1.53. The number of ether oxygens (including phenoxy) is 2. The van der Waals surface area contributed by atoms with Gasteiger partial charge in [-0.05, 0) is 49.2 Å². The minimum absolute atomic E-state index is 0.248. The number of rotatable bonds is 5. The third kappa shape index (κ3) is 3.61. The van der Waals surface area contributed by atoms with Crippen molar-refractivity contribution in [3.05, 3.63) is 71.9 Å². The van der Waals surface area contributed by atoms with Gasteiger partial charge in [0, 0.05) is 24.0 Å². The number of carbonyl (C=O) groups is 1. The van der Waals surface area contributed by atoms with Crippen LogP contribution in [-0.4, -0.2) is 31.2 Å². The number of nitrogens with zero attached hydrogens (tertiary/aromatic N) is 2. The van der Waals surface area contributed by atoms with Crippen molar-refractivity contribution in [1.82, 2.24) is 4.98 Å². The highest BCUT2D eigenvalue weighted by Gasteiger charge is 2.27. The predicted octanol–water partition coefficient (Wildman–Crippen LogP) is 4.43. The summed E-state index contributed by atoms with van der Waals surface area (Å²) in [6.07, 6.45) is 2.59. The SMILES string of the molecule is COc1ccc(NC(=O)c2ccc(N3c4ccccc4CC3C)nc2)c(OC)c1. The molecule has 0 bridgehead atoms. The maximum absolute atomic E-state index is 12.7. The first-order valence-electron chi connectivity index (χ1n) is 9.47. The molecule has 3 aromatic rings. The summed E-state index contributed by atoms with van der Waals surface area (Å²) in [5.74, 6) is 1.78. The fraction of sp³-hybridized carbons (Fsp3) is 0.217. The van der Waals surface area contributed by atoms with E-state index in [2.05, 4.69) is 40.3 Å². The molecule has 0 spiro atoms. The van der Waals surface area contributed by atoms with E-state index >= 15 is 0 Å². The Hall–Kier alpha value is -3.54. The molecule has 1 amide bonds. The lowest BCUT2D eigenvalue weighted by atomic mass is 10.1. The first kappa shape index (κ1) is 18.8. The topological polar surface area (TPSA) is 63.7 Å². The number of amides is 1. The fourth-order valence-electron chi connectivity index (χ4n) is 3.67. The second kappa shape index (κ2) is 7.83. The normalized spacial score (nSPS) is 15.0. The summed E-state index contributed by atoms with van der Waals surface area (Å²) >= 11 is 0. The van der Waals surface area contributed by atoms with Crippen molar-refractivity contribution in [3.63, 3.8) is 0 Å². The molecule has 0 saturated carbocycles. The standard InChI is InChI=1S/C23H23N3O3/c1-15-12-16-6-4-5-7-20(16)26(15)22-11-8-17(14-24-22)23(27)25-19-10-9-18(28-2)13-21(19)29-3/h4-11,13-15H,12H2,1-3H3,(H,25,27). The van der Waals surface area contributed by atoms with Crippen LogP contribution in [0.4, 0.5) is 17.2 Å². The van der Waals surface area contributed by atoms with Gasteiger partial charge < -0.3 is 19.7 Å². The number of anilines is 3. The van der Waals surface area contributed by atoms with Crippen molar-refractivity contribution in [2.24, 2.45) is 0 Å². The predicted molar refractivity (Wildman–Crippen MR) is 113 cm³/mol. The van der Waals surface area contributed by atoms with Crippen LogP contribution >= 0.6 is 0 Å². The number of para-hydroxylation sites is 1. The van der Waals surface area contributed by atoms with Crippen molar-refractivity contribution < 1.29 is 14.3 Å². The number of aromatic nitrogens is 1. The quantitative estimate of drug-likeness (QED) is 0.699. The third-order valence-corrected chi connectivity index (χ3v) is 5.12. The summed E-state index contributed by atoms with van der Waals surface area (Å²) in [6, 6.07) is 17.6. The van der Waals surface area contributed by atoms with E-state index in [0.717, 1.165) is 12.2 Å². The number of methoxy groups -OCH3 is 2. The summed E-state index contributed by atoms with van der Waals surface area (Å²) in [4.78, 5) is 19.4. The van der Waals surface area contributed by atoms with Crippen LogP contribution in [0.25, 0.3) is 0 Å². The Morgan fingerprint density at radius 1 is 1.10 bits per heavy atom. The minimum atomic E-state index is -0.248. The van der Waals surface area contributed by atoms with Gasteiger partial charge in [0.25, 0.3) is 5.91 Å². The van der Waals surface area contributed by atoms with Gasteiger partial charge in [-0.15, -0.1) is 0 Å². The molecule has 6 heteroatoms. The average Bonchev–Trinajstić information content (AvgIpc) is 3.09. The number of benzene rings is 2. The number of hydrogen-bond acceptors (Lipinski definition) is 5. The molecule has 1 atom stereocenters. The number of pyridine rings is 1. The van der Waals surface area contributed by atoms with Gasteiger partial charge >= 0.3 is 0 Å². The van der Waals surface area contributed by atoms with Crippen LogP contribution in [0.15, 0.2) is 60.8 Å². The van der Waals surface area contributed by atoms with Gasteiger partial charge in [-0.1, -0.05) is 18.2 Å². The van der Waals surface area contributed by atoms with E-state index in [1.807, 2.05) is 12.1 Å². The molecule has 0 fully saturated rings. The largest absolute Gasteiger partial charge is 0.497 e. The molecule has 0 saturated heterocycles. The van der Waals surface area contributed by atoms with Crippen LogP contribution in [0.5, 0.6) is 11.5 Å². The van der Waals surface area contributed by atoms with E-state index in [-0.39, 0.29) is 5.91 Å². The van der Waals surface area contributed by atoms with Gasteiger partial charge in [0.15, 0.2) is 0 Å². The van der Waals surface area contributed by atoms with E-state index < -0.39 is 0 Å². The maximum atomic E-state index is 12.7. The number of hydrogen-bond donors (Lipinski definition) is 1. The Morgan fingerprint density at radius 2 is 1.93 bits per heavy atom. The molecular formula is C23H23N3O3. The summed E-state index contributed by atoms with van der Waals surface area (Å²) in [5.41, 5.74) is 3.54. The molecule has 2 heterocycles. The molecule has 1 aliphatic rings. The van der Waals surface area contributed by atoms with Crippen molar-refractivity contribution in [2.75, 3.05) is 24.4 Å². The molecule has 1 aromatic heterocycles. The number of fused-ring (bicyclic) bond motifs is 1. The molecule has 1 aliphatic heterocycles. The van der Waals surface area contributed by atoms with Gasteiger partial charge in [-0.3, -0.25) is 4.79 Å². The number of nitrogens with one attached hydrogen (secondary N) is 1. The second-order valence-corrected chi connectivity index (χ2v) is 6.98. The summed E-state index contributed by atoms with van der Waals surface area (Å²) in [7, 11) is 3.13. The number of carbonyl (C=O) groups excluding carboxylic acids is 1. The summed E-state index contributed by atoms with van der Waals surface area (Å²) in [5, 5.41) is 2.87. The monoisotopic (exact) mass is 389 g/mol. The zero-order chi connectivity index (χ0) is 20.4. The van der Waals surface area contributed by atoms with Crippen LogP contribution in [0.3, 0.4) is 0 Å². The molecule has 29 heavy (non-hydrogen) atoms. The Bertz CT molecular complexity index is 1030. The van der Waals surface area contributed by atoms with Gasteiger partial charge in [-0.25, -0.2) is 4.98 Å². The lowest BCUT2D eigenvalue weighted by Gasteiger charge is -2.23. The zero-order valence-electron chi connectivity index (χ0n) is 16.7. The Kier molecular flexibility index (Phi) is 5.08. The Morgan fingerprint density at radius 3 is 2.66 bits per heavy atom. The van der Waals surface area contributed by atoms with E-state index in [0.29, 0.717) is 28.8 Å². The van der Waals surface area contributed by atoms with E-state index in [1.54, 1.807) is 44.7 Å².